The highest BCUT2D eigenvalue weighted by Crippen LogP contribution is 2.34. The third kappa shape index (κ3) is 3.26. The molecule has 0 N–H and O–H groups in total. The van der Waals surface area contributed by atoms with Gasteiger partial charge in [0, 0.05) is 0 Å². The molecule has 0 aromatic heterocycles. The van der Waals surface area contributed by atoms with E-state index in [9.17, 15) is 0 Å². The van der Waals surface area contributed by atoms with Gasteiger partial charge in [0.2, 0.25) is 0 Å². The van der Waals surface area contributed by atoms with Crippen LogP contribution < -0.4 is 4.74 Å². The van der Waals surface area contributed by atoms with Gasteiger partial charge in [-0.05, 0) is 42.4 Å². The van der Waals surface area contributed by atoms with E-state index in [0.29, 0.717) is 6.10 Å². The Hall–Kier alpha value is -1.02. The van der Waals surface area contributed by atoms with Crippen molar-refractivity contribution in [3.05, 3.63) is 29.8 Å². The van der Waals surface area contributed by atoms with Crippen molar-refractivity contribution in [3.8, 4) is 5.75 Å². The highest BCUT2D eigenvalue weighted by Gasteiger charge is 2.30. The van der Waals surface area contributed by atoms with E-state index in [1.54, 1.807) is 7.11 Å². The van der Waals surface area contributed by atoms with E-state index in [1.807, 2.05) is 12.1 Å². The third-order valence-corrected chi connectivity index (χ3v) is 3.98. The van der Waals surface area contributed by atoms with Gasteiger partial charge in [-0.2, -0.15) is 0 Å². The van der Waals surface area contributed by atoms with Crippen molar-refractivity contribution in [2.45, 2.75) is 45.8 Å². The Morgan fingerprint density at radius 2 is 1.89 bits per heavy atom. The first-order valence-electron chi connectivity index (χ1n) is 6.95. The second-order valence-corrected chi connectivity index (χ2v) is 5.54. The summed E-state index contributed by atoms with van der Waals surface area (Å²) in [7, 11) is 1.69. The van der Waals surface area contributed by atoms with Gasteiger partial charge >= 0.3 is 0 Å². The van der Waals surface area contributed by atoms with Crippen molar-refractivity contribution in [1.82, 2.24) is 0 Å². The summed E-state index contributed by atoms with van der Waals surface area (Å²) in [6.07, 6.45) is 4.31. The molecule has 0 unspecified atom stereocenters. The number of rotatable bonds is 5. The van der Waals surface area contributed by atoms with Gasteiger partial charge in [0.15, 0.2) is 0 Å². The van der Waals surface area contributed by atoms with Gasteiger partial charge in [0.25, 0.3) is 0 Å². The molecule has 0 amide bonds. The average molecular weight is 248 g/mol. The fourth-order valence-electron chi connectivity index (χ4n) is 2.85. The lowest BCUT2D eigenvalue weighted by atomic mass is 9.92. The van der Waals surface area contributed by atoms with E-state index in [4.69, 9.17) is 9.47 Å². The molecule has 2 atom stereocenters. The van der Waals surface area contributed by atoms with Crippen molar-refractivity contribution in [1.29, 1.82) is 0 Å². The Morgan fingerprint density at radius 3 is 2.50 bits per heavy atom. The summed E-state index contributed by atoms with van der Waals surface area (Å²) in [6.45, 7) is 5.33. The van der Waals surface area contributed by atoms with Gasteiger partial charge in [-0.25, -0.2) is 0 Å². The lowest BCUT2D eigenvalue weighted by Crippen LogP contribution is -2.22. The standard InChI is InChI=1S/C16H24O2/c1-12(2)15-5-4-6-16(15)18-11-13-7-9-14(17-3)10-8-13/h7-10,12,15-16H,4-6,11H2,1-3H3/t15-,16+/m0/s1. The number of hydrogen-bond donors (Lipinski definition) is 0. The van der Waals surface area contributed by atoms with Gasteiger partial charge in [-0.15, -0.1) is 0 Å². The lowest BCUT2D eigenvalue weighted by Gasteiger charge is -2.23. The van der Waals surface area contributed by atoms with Crippen LogP contribution in [0, 0.1) is 11.8 Å². The molecule has 1 aromatic carbocycles. The summed E-state index contributed by atoms with van der Waals surface area (Å²) in [5.41, 5.74) is 1.23. The van der Waals surface area contributed by atoms with E-state index in [-0.39, 0.29) is 0 Å². The lowest BCUT2D eigenvalue weighted by molar-refractivity contribution is 0.00354. The Kier molecular flexibility index (Phi) is 4.65. The second kappa shape index (κ2) is 6.24. The quantitative estimate of drug-likeness (QED) is 0.783. The molecular weight excluding hydrogens is 224 g/mol. The topological polar surface area (TPSA) is 18.5 Å². The fraction of sp³-hybridized carbons (Fsp3) is 0.625. The predicted octanol–water partition coefficient (Wildman–Crippen LogP) is 4.04. The maximum absolute atomic E-state index is 6.10. The van der Waals surface area contributed by atoms with E-state index >= 15 is 0 Å². The summed E-state index contributed by atoms with van der Waals surface area (Å²) in [6, 6.07) is 8.15. The van der Waals surface area contributed by atoms with Gasteiger partial charge in [-0.3, -0.25) is 0 Å². The molecule has 0 heterocycles. The first-order valence-corrected chi connectivity index (χ1v) is 6.95. The van der Waals surface area contributed by atoms with Gasteiger partial charge in [-0.1, -0.05) is 32.4 Å². The van der Waals surface area contributed by atoms with E-state index in [0.717, 1.165) is 24.2 Å². The Morgan fingerprint density at radius 1 is 1.17 bits per heavy atom. The molecule has 0 saturated heterocycles. The highest BCUT2D eigenvalue weighted by molar-refractivity contribution is 5.26. The fourth-order valence-corrected chi connectivity index (χ4v) is 2.85. The Labute approximate surface area is 110 Å². The molecule has 2 heteroatoms. The van der Waals surface area contributed by atoms with Crippen LogP contribution in [0.1, 0.15) is 38.7 Å². The summed E-state index contributed by atoms with van der Waals surface area (Å²) < 4.78 is 11.3. The maximum Gasteiger partial charge on any atom is 0.118 e. The first kappa shape index (κ1) is 13.4. The van der Waals surface area contributed by atoms with Gasteiger partial charge in [0.1, 0.15) is 5.75 Å². The number of methoxy groups -OCH3 is 1. The number of ether oxygens (including phenoxy) is 2. The normalized spacial score (nSPS) is 23.6. The van der Waals surface area contributed by atoms with Gasteiger partial charge in [0.05, 0.1) is 19.8 Å². The zero-order valence-corrected chi connectivity index (χ0v) is 11.7. The molecule has 1 fully saturated rings. The SMILES string of the molecule is COc1ccc(CO[C@@H]2CCC[C@H]2C(C)C)cc1. The minimum absolute atomic E-state index is 0.451. The van der Waals surface area contributed by atoms with Crippen molar-refractivity contribution in [3.63, 3.8) is 0 Å². The minimum Gasteiger partial charge on any atom is -0.497 e. The zero-order valence-electron chi connectivity index (χ0n) is 11.7. The van der Waals surface area contributed by atoms with Crippen molar-refractivity contribution < 1.29 is 9.47 Å². The van der Waals surface area contributed by atoms with E-state index in [2.05, 4.69) is 26.0 Å². The summed E-state index contributed by atoms with van der Waals surface area (Å²) >= 11 is 0. The molecule has 0 bridgehead atoms. The molecule has 1 saturated carbocycles. The summed E-state index contributed by atoms with van der Waals surface area (Å²) in [5, 5.41) is 0. The summed E-state index contributed by atoms with van der Waals surface area (Å²) in [5.74, 6) is 2.37. The predicted molar refractivity (Wildman–Crippen MR) is 73.8 cm³/mol. The molecular formula is C16H24O2. The van der Waals surface area contributed by atoms with E-state index < -0.39 is 0 Å². The highest BCUT2D eigenvalue weighted by atomic mass is 16.5. The Bertz CT molecular complexity index is 356. The molecule has 2 rings (SSSR count). The third-order valence-electron chi connectivity index (χ3n) is 3.98. The Balaban J connectivity index is 1.86. The maximum atomic E-state index is 6.10. The van der Waals surface area contributed by atoms with Gasteiger partial charge < -0.3 is 9.47 Å². The average Bonchev–Trinajstić information content (AvgIpc) is 2.85. The largest absolute Gasteiger partial charge is 0.497 e. The molecule has 2 nitrogen and oxygen atoms in total. The molecule has 1 aromatic rings. The zero-order chi connectivity index (χ0) is 13.0. The molecule has 1 aliphatic rings. The molecule has 18 heavy (non-hydrogen) atoms. The molecule has 0 radical (unpaired) electrons. The van der Waals surface area contributed by atoms with Crippen LogP contribution in [0.4, 0.5) is 0 Å². The smallest absolute Gasteiger partial charge is 0.118 e. The van der Waals surface area contributed by atoms with Crippen LogP contribution in [0.25, 0.3) is 0 Å². The number of benzene rings is 1. The number of hydrogen-bond acceptors (Lipinski definition) is 2. The molecule has 1 aliphatic carbocycles. The molecule has 0 spiro atoms. The minimum atomic E-state index is 0.451. The van der Waals surface area contributed by atoms with Crippen molar-refractivity contribution in [2.75, 3.05) is 7.11 Å². The van der Waals surface area contributed by atoms with Crippen molar-refractivity contribution >= 4 is 0 Å². The summed E-state index contributed by atoms with van der Waals surface area (Å²) in [4.78, 5) is 0. The first-order chi connectivity index (χ1) is 8.70. The molecule has 0 aliphatic heterocycles. The van der Waals surface area contributed by atoms with Crippen LogP contribution in [0.2, 0.25) is 0 Å². The second-order valence-electron chi connectivity index (χ2n) is 5.54. The van der Waals surface area contributed by atoms with Crippen molar-refractivity contribution in [2.24, 2.45) is 11.8 Å². The van der Waals surface area contributed by atoms with Crippen LogP contribution in [0.15, 0.2) is 24.3 Å². The van der Waals surface area contributed by atoms with Crippen LogP contribution >= 0.6 is 0 Å². The van der Waals surface area contributed by atoms with E-state index in [1.165, 1.54) is 24.8 Å². The molecule has 100 valence electrons. The monoisotopic (exact) mass is 248 g/mol. The van der Waals surface area contributed by atoms with Crippen LogP contribution in [-0.4, -0.2) is 13.2 Å². The van der Waals surface area contributed by atoms with Crippen LogP contribution in [-0.2, 0) is 11.3 Å². The van der Waals surface area contributed by atoms with Crippen LogP contribution in [0.5, 0.6) is 5.75 Å². The van der Waals surface area contributed by atoms with Crippen LogP contribution in [0.3, 0.4) is 0 Å².